The Morgan fingerprint density at radius 3 is 2.24 bits per heavy atom. The Kier molecular flexibility index (Phi) is 6.75. The summed E-state index contributed by atoms with van der Waals surface area (Å²) in [5, 5.41) is 11.9. The summed E-state index contributed by atoms with van der Waals surface area (Å²) in [6.45, 7) is 5.58. The summed E-state index contributed by atoms with van der Waals surface area (Å²) in [5.74, 6) is -0.183. The first-order valence-corrected chi connectivity index (χ1v) is 8.26. The molecule has 0 spiro atoms. The number of thioether (sulfide) groups is 1. The van der Waals surface area contributed by atoms with E-state index in [-0.39, 0.29) is 11.7 Å². The molecule has 5 heteroatoms. The summed E-state index contributed by atoms with van der Waals surface area (Å²) in [4.78, 5) is 23.3. The molecule has 0 aliphatic heterocycles. The van der Waals surface area contributed by atoms with Crippen LogP contribution in [0.4, 0.5) is 0 Å². The number of amides is 1. The number of aryl methyl sites for hydroxylation is 1. The van der Waals surface area contributed by atoms with E-state index in [1.165, 1.54) is 17.3 Å². The van der Waals surface area contributed by atoms with Crippen molar-refractivity contribution in [3.63, 3.8) is 0 Å². The molecule has 116 valence electrons. The lowest BCUT2D eigenvalue weighted by molar-refractivity contribution is -0.147. The predicted octanol–water partition coefficient (Wildman–Crippen LogP) is 2.99. The highest BCUT2D eigenvalue weighted by Gasteiger charge is 2.36. The van der Waals surface area contributed by atoms with E-state index in [4.69, 9.17) is 0 Å². The van der Waals surface area contributed by atoms with Crippen molar-refractivity contribution in [1.82, 2.24) is 5.32 Å². The van der Waals surface area contributed by atoms with Gasteiger partial charge in [-0.3, -0.25) is 4.79 Å². The molecular formula is C16H23NO3S. The van der Waals surface area contributed by atoms with Gasteiger partial charge in [-0.05, 0) is 25.3 Å². The van der Waals surface area contributed by atoms with E-state index >= 15 is 0 Å². The second kappa shape index (κ2) is 8.08. The van der Waals surface area contributed by atoms with Crippen molar-refractivity contribution in [2.24, 2.45) is 0 Å². The molecule has 1 aromatic carbocycles. The van der Waals surface area contributed by atoms with Crippen molar-refractivity contribution in [3.05, 3.63) is 35.4 Å². The van der Waals surface area contributed by atoms with Gasteiger partial charge in [0.2, 0.25) is 5.91 Å². The van der Waals surface area contributed by atoms with Crippen LogP contribution < -0.4 is 5.32 Å². The van der Waals surface area contributed by atoms with Gasteiger partial charge in [-0.25, -0.2) is 4.79 Å². The van der Waals surface area contributed by atoms with Crippen LogP contribution in [0.15, 0.2) is 24.3 Å². The van der Waals surface area contributed by atoms with Gasteiger partial charge in [0.1, 0.15) is 5.54 Å². The molecule has 2 N–H and O–H groups in total. The van der Waals surface area contributed by atoms with Gasteiger partial charge in [-0.15, -0.1) is 11.8 Å². The number of carboxylic acid groups (broad SMARTS) is 1. The Hall–Kier alpha value is -1.49. The lowest BCUT2D eigenvalue weighted by atomic mass is 9.93. The van der Waals surface area contributed by atoms with E-state index < -0.39 is 11.5 Å². The van der Waals surface area contributed by atoms with E-state index in [1.54, 1.807) is 13.8 Å². The van der Waals surface area contributed by atoms with Crippen LogP contribution in [0.25, 0.3) is 0 Å². The average Bonchev–Trinajstić information content (AvgIpc) is 2.46. The molecule has 1 aromatic rings. The third-order valence-electron chi connectivity index (χ3n) is 3.62. The van der Waals surface area contributed by atoms with Crippen LogP contribution in [0, 0.1) is 6.92 Å². The molecule has 0 saturated carbocycles. The first-order valence-electron chi connectivity index (χ1n) is 7.11. The topological polar surface area (TPSA) is 66.4 Å². The van der Waals surface area contributed by atoms with Crippen molar-refractivity contribution in [2.75, 3.05) is 5.75 Å². The van der Waals surface area contributed by atoms with Crippen molar-refractivity contribution in [3.8, 4) is 0 Å². The Morgan fingerprint density at radius 2 is 1.76 bits per heavy atom. The third kappa shape index (κ3) is 5.08. The van der Waals surface area contributed by atoms with Gasteiger partial charge >= 0.3 is 5.97 Å². The van der Waals surface area contributed by atoms with Crippen LogP contribution in [0.5, 0.6) is 0 Å². The van der Waals surface area contributed by atoms with Gasteiger partial charge in [-0.1, -0.05) is 43.7 Å². The van der Waals surface area contributed by atoms with E-state index in [0.29, 0.717) is 12.8 Å². The molecule has 0 aliphatic rings. The highest BCUT2D eigenvalue weighted by Crippen LogP contribution is 2.17. The zero-order valence-electron chi connectivity index (χ0n) is 12.8. The SMILES string of the molecule is CCC(CC)(NC(=O)CSCc1ccc(C)cc1)C(=O)O. The highest BCUT2D eigenvalue weighted by atomic mass is 32.2. The second-order valence-electron chi connectivity index (χ2n) is 5.12. The van der Waals surface area contributed by atoms with Gasteiger partial charge in [0.05, 0.1) is 5.75 Å². The van der Waals surface area contributed by atoms with Crippen LogP contribution in [0.1, 0.15) is 37.8 Å². The van der Waals surface area contributed by atoms with Crippen LogP contribution in [-0.4, -0.2) is 28.3 Å². The molecule has 0 aromatic heterocycles. The fourth-order valence-corrected chi connectivity index (χ4v) is 2.82. The first kappa shape index (κ1) is 17.6. The summed E-state index contributed by atoms with van der Waals surface area (Å²) in [5.41, 5.74) is 1.23. The van der Waals surface area contributed by atoms with E-state index in [2.05, 4.69) is 5.32 Å². The van der Waals surface area contributed by atoms with Gasteiger partial charge < -0.3 is 10.4 Å². The zero-order chi connectivity index (χ0) is 15.9. The maximum atomic E-state index is 11.9. The number of benzene rings is 1. The zero-order valence-corrected chi connectivity index (χ0v) is 13.6. The van der Waals surface area contributed by atoms with E-state index in [1.807, 2.05) is 31.2 Å². The lowest BCUT2D eigenvalue weighted by Gasteiger charge is -2.27. The smallest absolute Gasteiger partial charge is 0.329 e. The van der Waals surface area contributed by atoms with Crippen molar-refractivity contribution in [2.45, 2.75) is 44.9 Å². The number of nitrogens with one attached hydrogen (secondary N) is 1. The minimum atomic E-state index is -1.14. The molecule has 0 saturated heterocycles. The standard InChI is InChI=1S/C16H23NO3S/c1-4-16(5-2,15(19)20)17-14(18)11-21-10-13-8-6-12(3)7-9-13/h6-9H,4-5,10-11H2,1-3H3,(H,17,18)(H,19,20). The second-order valence-corrected chi connectivity index (χ2v) is 6.11. The first-order chi connectivity index (χ1) is 9.93. The summed E-state index contributed by atoms with van der Waals surface area (Å²) in [7, 11) is 0. The van der Waals surface area contributed by atoms with Crippen LogP contribution >= 0.6 is 11.8 Å². The monoisotopic (exact) mass is 309 g/mol. The maximum absolute atomic E-state index is 11.9. The molecule has 4 nitrogen and oxygen atoms in total. The summed E-state index contributed by atoms with van der Waals surface area (Å²) >= 11 is 1.49. The van der Waals surface area contributed by atoms with Crippen molar-refractivity contribution < 1.29 is 14.7 Å². The largest absolute Gasteiger partial charge is 0.480 e. The number of hydrogen-bond donors (Lipinski definition) is 2. The molecule has 0 fully saturated rings. The van der Waals surface area contributed by atoms with E-state index in [9.17, 15) is 14.7 Å². The normalized spacial score (nSPS) is 11.2. The number of carbonyl (C=O) groups is 2. The quantitative estimate of drug-likeness (QED) is 0.775. The fourth-order valence-electron chi connectivity index (χ4n) is 2.03. The van der Waals surface area contributed by atoms with Gasteiger partial charge in [-0.2, -0.15) is 0 Å². The van der Waals surface area contributed by atoms with Crippen molar-refractivity contribution in [1.29, 1.82) is 0 Å². The van der Waals surface area contributed by atoms with Gasteiger partial charge in [0, 0.05) is 5.75 Å². The maximum Gasteiger partial charge on any atom is 0.329 e. The highest BCUT2D eigenvalue weighted by molar-refractivity contribution is 7.99. The molecule has 0 aliphatic carbocycles. The minimum Gasteiger partial charge on any atom is -0.480 e. The lowest BCUT2D eigenvalue weighted by Crippen LogP contribution is -2.54. The number of carboxylic acids is 1. The summed E-state index contributed by atoms with van der Waals surface area (Å²) in [6.07, 6.45) is 0.764. The molecular weight excluding hydrogens is 286 g/mol. The Bertz CT molecular complexity index is 481. The Morgan fingerprint density at radius 1 is 1.19 bits per heavy atom. The average molecular weight is 309 g/mol. The summed E-state index contributed by atoms with van der Waals surface area (Å²) in [6, 6.07) is 8.17. The number of hydrogen-bond acceptors (Lipinski definition) is 3. The molecule has 21 heavy (non-hydrogen) atoms. The van der Waals surface area contributed by atoms with Crippen LogP contribution in [0.2, 0.25) is 0 Å². The Balaban J connectivity index is 2.46. The molecule has 0 atom stereocenters. The van der Waals surface area contributed by atoms with Crippen LogP contribution in [-0.2, 0) is 15.3 Å². The van der Waals surface area contributed by atoms with E-state index in [0.717, 1.165) is 11.3 Å². The molecule has 1 amide bonds. The minimum absolute atomic E-state index is 0.224. The molecule has 0 radical (unpaired) electrons. The molecule has 0 bridgehead atoms. The number of rotatable bonds is 8. The van der Waals surface area contributed by atoms with Crippen LogP contribution in [0.3, 0.4) is 0 Å². The number of aliphatic carboxylic acids is 1. The predicted molar refractivity (Wildman–Crippen MR) is 86.4 cm³/mol. The third-order valence-corrected chi connectivity index (χ3v) is 4.62. The van der Waals surface area contributed by atoms with Crippen molar-refractivity contribution >= 4 is 23.6 Å². The summed E-state index contributed by atoms with van der Waals surface area (Å²) < 4.78 is 0. The number of carbonyl (C=O) groups excluding carboxylic acids is 1. The molecule has 0 unspecified atom stereocenters. The van der Waals surface area contributed by atoms with Gasteiger partial charge in [0.15, 0.2) is 0 Å². The van der Waals surface area contributed by atoms with Gasteiger partial charge in [0.25, 0.3) is 0 Å². The molecule has 0 heterocycles. The molecule has 1 rings (SSSR count). The fraction of sp³-hybridized carbons (Fsp3) is 0.500. The Labute approximate surface area is 130 Å².